The number of nitrogens with one attached hydrogen (secondary N) is 1. The zero-order chi connectivity index (χ0) is 20.0. The third kappa shape index (κ3) is 2.94. The topological polar surface area (TPSA) is 73.6 Å². The van der Waals surface area contributed by atoms with Crippen molar-refractivity contribution >= 4 is 27.3 Å². The van der Waals surface area contributed by atoms with Gasteiger partial charge in [0.15, 0.2) is 11.5 Å². The third-order valence-corrected chi connectivity index (χ3v) is 6.27. The van der Waals surface area contributed by atoms with Gasteiger partial charge in [0.25, 0.3) is 5.69 Å². The monoisotopic (exact) mass is 444 g/mol. The smallest absolute Gasteiger partial charge is 0.270 e. The molecule has 1 aliphatic heterocycles. The Hall–Kier alpha value is -2.54. The minimum Gasteiger partial charge on any atom is -0.493 e. The number of hydrogen-bond acceptors (Lipinski definition) is 5. The van der Waals surface area contributed by atoms with Crippen LogP contribution in [0.3, 0.4) is 0 Å². The van der Waals surface area contributed by atoms with Crippen LogP contribution in [-0.2, 0) is 0 Å². The zero-order valence-corrected chi connectivity index (χ0v) is 17.4. The Morgan fingerprint density at radius 3 is 2.68 bits per heavy atom. The van der Waals surface area contributed by atoms with Gasteiger partial charge in [0, 0.05) is 23.7 Å². The van der Waals surface area contributed by atoms with Crippen molar-refractivity contribution in [3.05, 3.63) is 67.7 Å². The summed E-state index contributed by atoms with van der Waals surface area (Å²) in [5.41, 5.74) is 4.10. The summed E-state index contributed by atoms with van der Waals surface area (Å²) in [5.74, 6) is 1.75. The number of nitrogens with zero attached hydrogens (tertiary/aromatic N) is 1. The summed E-state index contributed by atoms with van der Waals surface area (Å²) in [4.78, 5) is 11.0. The van der Waals surface area contributed by atoms with E-state index in [1.165, 1.54) is 0 Å². The summed E-state index contributed by atoms with van der Waals surface area (Å²) in [6.45, 7) is 1.92. The molecule has 0 saturated heterocycles. The number of nitro groups is 1. The normalized spacial score (nSPS) is 22.2. The predicted molar refractivity (Wildman–Crippen MR) is 111 cm³/mol. The lowest BCUT2D eigenvalue weighted by atomic mass is 9.76. The fourth-order valence-corrected chi connectivity index (χ4v) is 5.04. The molecule has 0 saturated carbocycles. The summed E-state index contributed by atoms with van der Waals surface area (Å²) in [5, 5.41) is 15.0. The van der Waals surface area contributed by atoms with Gasteiger partial charge in [-0.05, 0) is 64.0 Å². The van der Waals surface area contributed by atoms with Gasteiger partial charge in [0.05, 0.1) is 29.7 Å². The second kappa shape index (κ2) is 7.13. The Labute approximate surface area is 171 Å². The molecule has 0 fully saturated rings. The van der Waals surface area contributed by atoms with E-state index in [0.717, 1.165) is 33.3 Å². The minimum atomic E-state index is -0.321. The molecule has 3 unspecified atom stereocenters. The first-order valence-electron chi connectivity index (χ1n) is 9.08. The lowest BCUT2D eigenvalue weighted by Crippen LogP contribution is -2.29. The minimum absolute atomic E-state index is 0.0590. The second-order valence-corrected chi connectivity index (χ2v) is 8.05. The van der Waals surface area contributed by atoms with Gasteiger partial charge in [-0.1, -0.05) is 12.2 Å². The molecule has 28 heavy (non-hydrogen) atoms. The second-order valence-electron chi connectivity index (χ2n) is 7.20. The number of anilines is 1. The summed E-state index contributed by atoms with van der Waals surface area (Å²) >= 11 is 3.59. The fraction of sp³-hybridized carbons (Fsp3) is 0.333. The van der Waals surface area contributed by atoms with Crippen LogP contribution in [0, 0.1) is 23.0 Å². The molecule has 2 aliphatic rings. The third-order valence-electron chi connectivity index (χ3n) is 5.68. The molecule has 2 aromatic carbocycles. The molecule has 6 nitrogen and oxygen atoms in total. The van der Waals surface area contributed by atoms with E-state index in [1.54, 1.807) is 26.4 Å². The van der Waals surface area contributed by atoms with Gasteiger partial charge >= 0.3 is 0 Å². The highest BCUT2D eigenvalue weighted by molar-refractivity contribution is 9.10. The number of ether oxygens (including phenoxy) is 2. The quantitative estimate of drug-likeness (QED) is 0.382. The molecule has 0 spiro atoms. The van der Waals surface area contributed by atoms with Crippen molar-refractivity contribution in [2.75, 3.05) is 19.5 Å². The van der Waals surface area contributed by atoms with Crippen LogP contribution < -0.4 is 14.8 Å². The molecular formula is C21H21BrN2O4. The number of fused-ring (bicyclic) bond motifs is 3. The molecule has 2 aromatic rings. The van der Waals surface area contributed by atoms with Crippen LogP contribution in [0.1, 0.15) is 35.1 Å². The van der Waals surface area contributed by atoms with Crippen LogP contribution in [0.15, 0.2) is 40.9 Å². The van der Waals surface area contributed by atoms with Crippen LogP contribution in [0.25, 0.3) is 0 Å². The first-order valence-corrected chi connectivity index (χ1v) is 9.87. The van der Waals surface area contributed by atoms with E-state index in [2.05, 4.69) is 39.5 Å². The van der Waals surface area contributed by atoms with Gasteiger partial charge < -0.3 is 14.8 Å². The molecular weight excluding hydrogens is 424 g/mol. The standard InChI is InChI=1S/C21H21BrN2O4/c1-11-7-13(24(25)26)10-16-14-5-4-6-15(14)20(23-19(11)16)12-8-17(22)21(28-3)18(9-12)27-2/h4-5,7-10,14-15,20,23H,6H2,1-3H3. The molecule has 1 heterocycles. The van der Waals surface area contributed by atoms with Crippen molar-refractivity contribution in [2.45, 2.75) is 25.3 Å². The molecule has 1 aliphatic carbocycles. The van der Waals surface area contributed by atoms with Gasteiger partial charge in [-0.3, -0.25) is 10.1 Å². The first kappa shape index (κ1) is 18.8. The molecule has 0 radical (unpaired) electrons. The van der Waals surface area contributed by atoms with Crippen LogP contribution in [0.4, 0.5) is 11.4 Å². The average molecular weight is 445 g/mol. The number of hydrogen-bond donors (Lipinski definition) is 1. The highest BCUT2D eigenvalue weighted by Gasteiger charge is 2.39. The van der Waals surface area contributed by atoms with E-state index < -0.39 is 0 Å². The fourth-order valence-electron chi connectivity index (χ4n) is 4.42. The first-order chi connectivity index (χ1) is 13.4. The molecule has 3 atom stereocenters. The van der Waals surface area contributed by atoms with E-state index in [4.69, 9.17) is 9.47 Å². The van der Waals surface area contributed by atoms with E-state index >= 15 is 0 Å². The summed E-state index contributed by atoms with van der Waals surface area (Å²) in [6, 6.07) is 7.46. The zero-order valence-electron chi connectivity index (χ0n) is 15.9. The van der Waals surface area contributed by atoms with Crippen LogP contribution in [-0.4, -0.2) is 19.1 Å². The Kier molecular flexibility index (Phi) is 4.79. The van der Waals surface area contributed by atoms with E-state index in [9.17, 15) is 10.1 Å². The number of halogens is 1. The lowest BCUT2D eigenvalue weighted by molar-refractivity contribution is -0.385. The molecule has 0 aromatic heterocycles. The number of nitro benzene ring substituents is 1. The lowest BCUT2D eigenvalue weighted by Gasteiger charge is -2.38. The Morgan fingerprint density at radius 1 is 1.21 bits per heavy atom. The molecule has 4 rings (SSSR count). The van der Waals surface area contributed by atoms with Gasteiger partial charge in [-0.25, -0.2) is 0 Å². The van der Waals surface area contributed by atoms with Crippen molar-refractivity contribution in [3.63, 3.8) is 0 Å². The van der Waals surface area contributed by atoms with E-state index in [-0.39, 0.29) is 28.5 Å². The van der Waals surface area contributed by atoms with E-state index in [1.807, 2.05) is 13.0 Å². The number of aryl methyl sites for hydroxylation is 1. The Morgan fingerprint density at radius 2 is 2.00 bits per heavy atom. The average Bonchev–Trinajstić information content (AvgIpc) is 3.16. The highest BCUT2D eigenvalue weighted by Crippen LogP contribution is 2.52. The predicted octanol–water partition coefficient (Wildman–Crippen LogP) is 5.51. The summed E-state index contributed by atoms with van der Waals surface area (Å²) < 4.78 is 11.8. The molecule has 7 heteroatoms. The van der Waals surface area contributed by atoms with Crippen molar-refractivity contribution in [1.82, 2.24) is 0 Å². The molecule has 0 amide bonds. The Bertz CT molecular complexity index is 989. The Balaban J connectivity index is 1.82. The van der Waals surface area contributed by atoms with Crippen molar-refractivity contribution in [2.24, 2.45) is 5.92 Å². The van der Waals surface area contributed by atoms with Crippen molar-refractivity contribution in [3.8, 4) is 11.5 Å². The van der Waals surface area contributed by atoms with Crippen LogP contribution in [0.2, 0.25) is 0 Å². The maximum atomic E-state index is 11.3. The SMILES string of the molecule is COc1cc(C2Nc3c(C)cc([N+](=O)[O-])cc3C3C=CCC32)cc(Br)c1OC. The maximum absolute atomic E-state index is 11.3. The number of methoxy groups -OCH3 is 2. The van der Waals surface area contributed by atoms with Crippen LogP contribution in [0.5, 0.6) is 11.5 Å². The van der Waals surface area contributed by atoms with E-state index in [0.29, 0.717) is 11.5 Å². The molecule has 1 N–H and O–H groups in total. The van der Waals surface area contributed by atoms with Crippen molar-refractivity contribution < 1.29 is 14.4 Å². The van der Waals surface area contributed by atoms with Gasteiger partial charge in [-0.2, -0.15) is 0 Å². The number of allylic oxidation sites excluding steroid dienone is 2. The number of non-ortho nitro benzene ring substituents is 1. The maximum Gasteiger partial charge on any atom is 0.270 e. The highest BCUT2D eigenvalue weighted by atomic mass is 79.9. The summed E-state index contributed by atoms with van der Waals surface area (Å²) in [7, 11) is 3.24. The largest absolute Gasteiger partial charge is 0.493 e. The summed E-state index contributed by atoms with van der Waals surface area (Å²) in [6.07, 6.45) is 5.26. The van der Waals surface area contributed by atoms with Crippen molar-refractivity contribution in [1.29, 1.82) is 0 Å². The van der Waals surface area contributed by atoms with Gasteiger partial charge in [0.1, 0.15) is 0 Å². The molecule has 0 bridgehead atoms. The van der Waals surface area contributed by atoms with Crippen LogP contribution >= 0.6 is 15.9 Å². The van der Waals surface area contributed by atoms with Gasteiger partial charge in [-0.15, -0.1) is 0 Å². The molecule has 146 valence electrons. The number of benzene rings is 2. The number of rotatable bonds is 4. The van der Waals surface area contributed by atoms with Gasteiger partial charge in [0.2, 0.25) is 0 Å².